The Balaban J connectivity index is 2.35. The summed E-state index contributed by atoms with van der Waals surface area (Å²) >= 11 is 0. The van der Waals surface area contributed by atoms with Crippen LogP contribution in [0.5, 0.6) is 0 Å². The lowest BCUT2D eigenvalue weighted by Gasteiger charge is -2.13. The first-order chi connectivity index (χ1) is 8.18. The second-order valence-corrected chi connectivity index (χ2v) is 4.22. The van der Waals surface area contributed by atoms with Gasteiger partial charge in [0, 0.05) is 30.5 Å². The van der Waals surface area contributed by atoms with Gasteiger partial charge in [-0.3, -0.25) is 0 Å². The second kappa shape index (κ2) is 5.10. The van der Waals surface area contributed by atoms with E-state index in [4.69, 9.17) is 0 Å². The molecule has 0 spiro atoms. The Kier molecular flexibility index (Phi) is 3.54. The molecular formula is C13H16FN3. The van der Waals surface area contributed by atoms with Crippen molar-refractivity contribution in [3.8, 4) is 5.69 Å². The van der Waals surface area contributed by atoms with Gasteiger partial charge in [0.25, 0.3) is 0 Å². The van der Waals surface area contributed by atoms with E-state index >= 15 is 0 Å². The molecule has 0 radical (unpaired) electrons. The summed E-state index contributed by atoms with van der Waals surface area (Å²) in [6.45, 7) is 4.57. The van der Waals surface area contributed by atoms with E-state index in [1.54, 1.807) is 16.9 Å². The van der Waals surface area contributed by atoms with Crippen LogP contribution < -0.4 is 5.32 Å². The van der Waals surface area contributed by atoms with Crippen LogP contribution in [-0.4, -0.2) is 15.8 Å². The minimum absolute atomic E-state index is 0.203. The molecule has 0 aliphatic rings. The Morgan fingerprint density at radius 3 is 2.82 bits per heavy atom. The third-order valence-electron chi connectivity index (χ3n) is 2.53. The predicted molar refractivity (Wildman–Crippen MR) is 65.5 cm³/mol. The van der Waals surface area contributed by atoms with Crippen molar-refractivity contribution in [3.63, 3.8) is 0 Å². The fourth-order valence-electron chi connectivity index (χ4n) is 1.65. The van der Waals surface area contributed by atoms with Crippen LogP contribution in [0.2, 0.25) is 0 Å². The number of benzene rings is 1. The van der Waals surface area contributed by atoms with Crippen molar-refractivity contribution in [1.29, 1.82) is 0 Å². The van der Waals surface area contributed by atoms with E-state index in [1.165, 1.54) is 6.07 Å². The van der Waals surface area contributed by atoms with Crippen molar-refractivity contribution >= 4 is 0 Å². The van der Waals surface area contributed by atoms with Crippen molar-refractivity contribution in [2.75, 3.05) is 0 Å². The van der Waals surface area contributed by atoms with Gasteiger partial charge in [0.15, 0.2) is 0 Å². The summed E-state index contributed by atoms with van der Waals surface area (Å²) in [6, 6.07) is 7.19. The summed E-state index contributed by atoms with van der Waals surface area (Å²) in [6.07, 6.45) is 3.50. The summed E-state index contributed by atoms with van der Waals surface area (Å²) in [7, 11) is 0. The van der Waals surface area contributed by atoms with E-state index in [0.29, 0.717) is 18.2 Å². The second-order valence-electron chi connectivity index (χ2n) is 4.22. The maximum Gasteiger partial charge on any atom is 0.129 e. The number of rotatable bonds is 4. The van der Waals surface area contributed by atoms with Crippen LogP contribution in [0.25, 0.3) is 5.69 Å². The molecule has 2 aromatic rings. The minimum atomic E-state index is -0.203. The molecule has 0 saturated carbocycles. The third kappa shape index (κ3) is 2.71. The summed E-state index contributed by atoms with van der Waals surface area (Å²) in [5.41, 5.74) is 1.42. The summed E-state index contributed by atoms with van der Waals surface area (Å²) in [4.78, 5) is 0. The molecule has 0 atom stereocenters. The van der Waals surface area contributed by atoms with Gasteiger partial charge in [-0.15, -0.1) is 0 Å². The summed E-state index contributed by atoms with van der Waals surface area (Å²) in [5, 5.41) is 7.36. The first kappa shape index (κ1) is 11.8. The van der Waals surface area contributed by atoms with Crippen LogP contribution in [0.15, 0.2) is 36.7 Å². The average molecular weight is 233 g/mol. The number of aromatic nitrogens is 2. The fourth-order valence-corrected chi connectivity index (χ4v) is 1.65. The SMILES string of the molecule is CC(C)NCc1c(F)cccc1-n1cccn1. The molecule has 0 fully saturated rings. The van der Waals surface area contributed by atoms with Gasteiger partial charge in [-0.2, -0.15) is 5.10 Å². The largest absolute Gasteiger partial charge is 0.310 e. The van der Waals surface area contributed by atoms with E-state index in [0.717, 1.165) is 5.69 Å². The number of hydrogen-bond acceptors (Lipinski definition) is 2. The molecule has 2 rings (SSSR count). The molecule has 3 nitrogen and oxygen atoms in total. The number of nitrogens with one attached hydrogen (secondary N) is 1. The zero-order valence-electron chi connectivity index (χ0n) is 10.0. The van der Waals surface area contributed by atoms with E-state index < -0.39 is 0 Å². The van der Waals surface area contributed by atoms with Crippen LogP contribution in [-0.2, 0) is 6.54 Å². The standard InChI is InChI=1S/C13H16FN3/c1-10(2)15-9-11-12(14)5-3-6-13(11)17-8-4-7-16-17/h3-8,10,15H,9H2,1-2H3. The highest BCUT2D eigenvalue weighted by molar-refractivity contribution is 5.41. The Morgan fingerprint density at radius 1 is 1.35 bits per heavy atom. The van der Waals surface area contributed by atoms with E-state index in [9.17, 15) is 4.39 Å². The maximum absolute atomic E-state index is 13.8. The molecule has 0 bridgehead atoms. The molecule has 1 N–H and O–H groups in total. The Labute approximate surface area is 100 Å². The monoisotopic (exact) mass is 233 g/mol. The van der Waals surface area contributed by atoms with Crippen LogP contribution in [0.4, 0.5) is 4.39 Å². The molecule has 0 aliphatic carbocycles. The van der Waals surface area contributed by atoms with Gasteiger partial charge in [-0.05, 0) is 18.2 Å². The smallest absolute Gasteiger partial charge is 0.129 e. The van der Waals surface area contributed by atoms with Crippen LogP contribution in [0, 0.1) is 5.82 Å². The lowest BCUT2D eigenvalue weighted by Crippen LogP contribution is -2.23. The Morgan fingerprint density at radius 2 is 2.18 bits per heavy atom. The third-order valence-corrected chi connectivity index (χ3v) is 2.53. The van der Waals surface area contributed by atoms with Crippen molar-refractivity contribution in [2.24, 2.45) is 0 Å². The maximum atomic E-state index is 13.8. The predicted octanol–water partition coefficient (Wildman–Crippen LogP) is 2.51. The number of hydrogen-bond donors (Lipinski definition) is 1. The van der Waals surface area contributed by atoms with Crippen LogP contribution in [0.3, 0.4) is 0 Å². The summed E-state index contributed by atoms with van der Waals surface area (Å²) in [5.74, 6) is -0.203. The van der Waals surface area contributed by atoms with Gasteiger partial charge in [0.1, 0.15) is 5.82 Å². The molecular weight excluding hydrogens is 217 g/mol. The minimum Gasteiger partial charge on any atom is -0.310 e. The van der Waals surface area contributed by atoms with E-state index in [2.05, 4.69) is 10.4 Å². The first-order valence-electron chi connectivity index (χ1n) is 5.69. The van der Waals surface area contributed by atoms with Crippen molar-refractivity contribution in [2.45, 2.75) is 26.4 Å². The molecule has 1 aromatic carbocycles. The van der Waals surface area contributed by atoms with Gasteiger partial charge in [-0.1, -0.05) is 19.9 Å². The highest BCUT2D eigenvalue weighted by Gasteiger charge is 2.10. The van der Waals surface area contributed by atoms with Crippen molar-refractivity contribution in [1.82, 2.24) is 15.1 Å². The van der Waals surface area contributed by atoms with Gasteiger partial charge in [-0.25, -0.2) is 9.07 Å². The topological polar surface area (TPSA) is 29.9 Å². The molecule has 0 aliphatic heterocycles. The number of halogens is 1. The molecule has 90 valence electrons. The fraction of sp³-hybridized carbons (Fsp3) is 0.308. The van der Waals surface area contributed by atoms with Crippen molar-refractivity contribution in [3.05, 3.63) is 48.0 Å². The first-order valence-corrected chi connectivity index (χ1v) is 5.69. The lowest BCUT2D eigenvalue weighted by atomic mass is 10.1. The Hall–Kier alpha value is -1.68. The average Bonchev–Trinajstić information content (AvgIpc) is 2.80. The quantitative estimate of drug-likeness (QED) is 0.879. The molecule has 0 saturated heterocycles. The molecule has 0 unspecified atom stereocenters. The highest BCUT2D eigenvalue weighted by atomic mass is 19.1. The zero-order valence-corrected chi connectivity index (χ0v) is 10.0. The van der Waals surface area contributed by atoms with E-state index in [-0.39, 0.29) is 5.82 Å². The van der Waals surface area contributed by atoms with Crippen LogP contribution >= 0.6 is 0 Å². The van der Waals surface area contributed by atoms with Crippen LogP contribution in [0.1, 0.15) is 19.4 Å². The molecule has 1 heterocycles. The zero-order chi connectivity index (χ0) is 12.3. The molecule has 0 amide bonds. The van der Waals surface area contributed by atoms with Gasteiger partial charge < -0.3 is 5.32 Å². The van der Waals surface area contributed by atoms with Gasteiger partial charge >= 0.3 is 0 Å². The number of nitrogens with zero attached hydrogens (tertiary/aromatic N) is 2. The highest BCUT2D eigenvalue weighted by Crippen LogP contribution is 2.17. The van der Waals surface area contributed by atoms with E-state index in [1.807, 2.05) is 32.2 Å². The Bertz CT molecular complexity index is 477. The molecule has 4 heteroatoms. The molecule has 17 heavy (non-hydrogen) atoms. The molecule has 1 aromatic heterocycles. The summed E-state index contributed by atoms with van der Waals surface area (Å²) < 4.78 is 15.5. The lowest BCUT2D eigenvalue weighted by molar-refractivity contribution is 0.550. The normalized spacial score (nSPS) is 11.1. The van der Waals surface area contributed by atoms with Gasteiger partial charge in [0.2, 0.25) is 0 Å². The van der Waals surface area contributed by atoms with Gasteiger partial charge in [0.05, 0.1) is 5.69 Å². The van der Waals surface area contributed by atoms with Crippen molar-refractivity contribution < 1.29 is 4.39 Å².